The maximum atomic E-state index is 11.6. The maximum Gasteiger partial charge on any atom is 0.319 e. The van der Waals surface area contributed by atoms with Crippen molar-refractivity contribution in [3.05, 3.63) is 0 Å². The Balaban J connectivity index is 4.76. The molecule has 0 unspecified atom stereocenters. The van der Waals surface area contributed by atoms with Crippen molar-refractivity contribution in [3.8, 4) is 0 Å². The van der Waals surface area contributed by atoms with Gasteiger partial charge in [0.25, 0.3) is 0 Å². The Kier molecular flexibility index (Phi) is 5.71. The monoisotopic (exact) mass is 230 g/mol. The lowest BCUT2D eigenvalue weighted by Crippen LogP contribution is -2.39. The van der Waals surface area contributed by atoms with Crippen LogP contribution in [-0.2, 0) is 23.9 Å². The summed E-state index contributed by atoms with van der Waals surface area (Å²) in [6.45, 7) is 6.34. The molecule has 5 nitrogen and oxygen atoms in total. The van der Waals surface area contributed by atoms with Crippen molar-refractivity contribution < 1.29 is 23.9 Å². The van der Waals surface area contributed by atoms with Gasteiger partial charge in [-0.3, -0.25) is 14.4 Å². The third-order valence-electron chi connectivity index (χ3n) is 2.31. The summed E-state index contributed by atoms with van der Waals surface area (Å²) in [6.07, 6.45) is -0.283. The number of ether oxygens (including phenoxy) is 2. The lowest BCUT2D eigenvalue weighted by molar-refractivity contribution is -0.164. The Bertz CT molecular complexity index is 284. The van der Waals surface area contributed by atoms with Crippen LogP contribution in [0.25, 0.3) is 0 Å². The second-order valence-electron chi connectivity index (χ2n) is 3.59. The summed E-state index contributed by atoms with van der Waals surface area (Å²) in [6, 6.07) is 0. The fourth-order valence-electron chi connectivity index (χ4n) is 1.13. The van der Waals surface area contributed by atoms with Crippen molar-refractivity contribution >= 4 is 17.7 Å². The van der Waals surface area contributed by atoms with Crippen molar-refractivity contribution in [2.45, 2.75) is 34.1 Å². The standard InChI is InChI=1S/C11H18O5/c1-5-15-9(13)7-11(4,8(3)12)10(14)16-6-2/h5-7H2,1-4H3/t11-/m0/s1. The lowest BCUT2D eigenvalue weighted by Gasteiger charge is -2.22. The molecule has 0 bridgehead atoms. The molecular weight excluding hydrogens is 212 g/mol. The summed E-state index contributed by atoms with van der Waals surface area (Å²) in [5, 5.41) is 0. The van der Waals surface area contributed by atoms with E-state index in [1.807, 2.05) is 0 Å². The van der Waals surface area contributed by atoms with Crippen LogP contribution in [0.15, 0.2) is 0 Å². The van der Waals surface area contributed by atoms with Crippen molar-refractivity contribution in [2.24, 2.45) is 5.41 Å². The van der Waals surface area contributed by atoms with E-state index < -0.39 is 23.1 Å². The average molecular weight is 230 g/mol. The van der Waals surface area contributed by atoms with Gasteiger partial charge in [-0.25, -0.2) is 0 Å². The number of carbonyl (C=O) groups is 3. The zero-order valence-corrected chi connectivity index (χ0v) is 10.2. The highest BCUT2D eigenvalue weighted by molar-refractivity contribution is 6.04. The third kappa shape index (κ3) is 3.64. The number of carbonyl (C=O) groups excluding carboxylic acids is 3. The van der Waals surface area contributed by atoms with Gasteiger partial charge in [0.1, 0.15) is 11.2 Å². The number of Topliss-reactive ketones (excluding diaryl/α,β-unsaturated/α-hetero) is 1. The summed E-state index contributed by atoms with van der Waals surface area (Å²) >= 11 is 0. The first kappa shape index (κ1) is 14.6. The molecule has 0 saturated carbocycles. The molecular formula is C11H18O5. The first-order valence-electron chi connectivity index (χ1n) is 5.22. The lowest BCUT2D eigenvalue weighted by atomic mass is 9.83. The second kappa shape index (κ2) is 6.25. The predicted molar refractivity (Wildman–Crippen MR) is 56.7 cm³/mol. The van der Waals surface area contributed by atoms with E-state index >= 15 is 0 Å². The summed E-state index contributed by atoms with van der Waals surface area (Å²) in [4.78, 5) is 34.3. The van der Waals surface area contributed by atoms with E-state index in [2.05, 4.69) is 0 Å². The molecule has 0 aliphatic rings. The zero-order valence-electron chi connectivity index (χ0n) is 10.2. The van der Waals surface area contributed by atoms with E-state index in [1.165, 1.54) is 13.8 Å². The highest BCUT2D eigenvalue weighted by Gasteiger charge is 2.42. The van der Waals surface area contributed by atoms with Crippen molar-refractivity contribution in [1.29, 1.82) is 0 Å². The molecule has 0 saturated heterocycles. The van der Waals surface area contributed by atoms with Gasteiger partial charge in [-0.1, -0.05) is 0 Å². The molecule has 0 amide bonds. The largest absolute Gasteiger partial charge is 0.466 e. The minimum absolute atomic E-state index is 0.171. The third-order valence-corrected chi connectivity index (χ3v) is 2.31. The van der Waals surface area contributed by atoms with Gasteiger partial charge in [-0.2, -0.15) is 0 Å². The van der Waals surface area contributed by atoms with E-state index in [0.717, 1.165) is 0 Å². The molecule has 0 fully saturated rings. The molecule has 92 valence electrons. The van der Waals surface area contributed by atoms with E-state index in [9.17, 15) is 14.4 Å². The van der Waals surface area contributed by atoms with E-state index in [4.69, 9.17) is 9.47 Å². The quantitative estimate of drug-likeness (QED) is 0.504. The predicted octanol–water partition coefficient (Wildman–Crippen LogP) is 1.10. The maximum absolute atomic E-state index is 11.6. The minimum atomic E-state index is -1.44. The molecule has 0 N–H and O–H groups in total. The summed E-state index contributed by atoms with van der Waals surface area (Å²) in [5.74, 6) is -1.66. The zero-order chi connectivity index (χ0) is 12.8. The molecule has 5 heteroatoms. The highest BCUT2D eigenvalue weighted by Crippen LogP contribution is 2.25. The van der Waals surface area contributed by atoms with Crippen LogP contribution in [0.3, 0.4) is 0 Å². The Labute approximate surface area is 95.1 Å². The van der Waals surface area contributed by atoms with Gasteiger partial charge in [0, 0.05) is 0 Å². The molecule has 0 heterocycles. The smallest absolute Gasteiger partial charge is 0.319 e. The van der Waals surface area contributed by atoms with Crippen LogP contribution in [0.5, 0.6) is 0 Å². The first-order valence-corrected chi connectivity index (χ1v) is 5.22. The summed E-state index contributed by atoms with van der Waals surface area (Å²) in [5.41, 5.74) is -1.44. The normalized spacial score (nSPS) is 13.8. The molecule has 1 atom stereocenters. The topological polar surface area (TPSA) is 69.7 Å². The molecule has 0 aliphatic heterocycles. The first-order chi connectivity index (χ1) is 7.38. The number of hydrogen-bond donors (Lipinski definition) is 0. The van der Waals surface area contributed by atoms with Crippen LogP contribution in [0.4, 0.5) is 0 Å². The van der Waals surface area contributed by atoms with E-state index in [1.54, 1.807) is 13.8 Å². The SMILES string of the molecule is CCOC(=O)C[C@@](C)(C(C)=O)C(=O)OCC. The molecule has 0 radical (unpaired) electrons. The van der Waals surface area contributed by atoms with E-state index in [-0.39, 0.29) is 19.6 Å². The fourth-order valence-corrected chi connectivity index (χ4v) is 1.13. The Morgan fingerprint density at radius 3 is 1.94 bits per heavy atom. The van der Waals surface area contributed by atoms with Gasteiger partial charge in [-0.15, -0.1) is 0 Å². The molecule has 0 rings (SSSR count). The van der Waals surface area contributed by atoms with Crippen LogP contribution in [0, 0.1) is 5.41 Å². The number of rotatable bonds is 6. The van der Waals surface area contributed by atoms with Crippen LogP contribution in [0.1, 0.15) is 34.1 Å². The minimum Gasteiger partial charge on any atom is -0.466 e. The van der Waals surface area contributed by atoms with Gasteiger partial charge in [0.2, 0.25) is 0 Å². The highest BCUT2D eigenvalue weighted by atomic mass is 16.5. The number of hydrogen-bond acceptors (Lipinski definition) is 5. The van der Waals surface area contributed by atoms with Gasteiger partial charge in [-0.05, 0) is 27.7 Å². The van der Waals surface area contributed by atoms with E-state index in [0.29, 0.717) is 0 Å². The second-order valence-corrected chi connectivity index (χ2v) is 3.59. The molecule has 0 aromatic carbocycles. The molecule has 0 spiro atoms. The van der Waals surface area contributed by atoms with Crippen LogP contribution >= 0.6 is 0 Å². The van der Waals surface area contributed by atoms with Crippen molar-refractivity contribution in [3.63, 3.8) is 0 Å². The van der Waals surface area contributed by atoms with Crippen LogP contribution in [-0.4, -0.2) is 30.9 Å². The Morgan fingerprint density at radius 2 is 1.56 bits per heavy atom. The van der Waals surface area contributed by atoms with Crippen molar-refractivity contribution in [1.82, 2.24) is 0 Å². The number of ketones is 1. The molecule has 0 aromatic rings. The molecule has 0 aliphatic carbocycles. The fraction of sp³-hybridized carbons (Fsp3) is 0.727. The summed E-state index contributed by atoms with van der Waals surface area (Å²) < 4.78 is 9.50. The Hall–Kier alpha value is -1.39. The van der Waals surface area contributed by atoms with Crippen molar-refractivity contribution in [2.75, 3.05) is 13.2 Å². The van der Waals surface area contributed by atoms with Gasteiger partial charge >= 0.3 is 11.9 Å². The number of esters is 2. The van der Waals surface area contributed by atoms with Gasteiger partial charge in [0.15, 0.2) is 0 Å². The van der Waals surface area contributed by atoms with Crippen LogP contribution in [0.2, 0.25) is 0 Å². The average Bonchev–Trinajstić information content (AvgIpc) is 2.17. The van der Waals surface area contributed by atoms with Crippen LogP contribution < -0.4 is 0 Å². The Morgan fingerprint density at radius 1 is 1.06 bits per heavy atom. The molecule has 16 heavy (non-hydrogen) atoms. The van der Waals surface area contributed by atoms with Gasteiger partial charge < -0.3 is 9.47 Å². The molecule has 0 aromatic heterocycles. The summed E-state index contributed by atoms with van der Waals surface area (Å²) in [7, 11) is 0. The van der Waals surface area contributed by atoms with Gasteiger partial charge in [0.05, 0.1) is 19.6 Å².